The molecule has 0 N–H and O–H groups in total. The molecule has 0 spiro atoms. The molecule has 3 aromatic rings. The summed E-state index contributed by atoms with van der Waals surface area (Å²) in [6.45, 7) is 1.49. The Morgan fingerprint density at radius 3 is 2.78 bits per heavy atom. The molecule has 0 bridgehead atoms. The van der Waals surface area contributed by atoms with E-state index in [0.717, 1.165) is 11.4 Å². The van der Waals surface area contributed by atoms with E-state index in [1.807, 2.05) is 36.5 Å². The van der Waals surface area contributed by atoms with Crippen molar-refractivity contribution in [1.82, 2.24) is 24.9 Å². The largest absolute Gasteiger partial charge is 0.487 e. The molecule has 1 amide bonds. The topological polar surface area (TPSA) is 82.4 Å². The number of carbonyl (C=O) groups is 1. The Bertz CT molecular complexity index is 922. The van der Waals surface area contributed by atoms with Crippen molar-refractivity contribution < 1.29 is 14.3 Å². The number of ether oxygens (including phenoxy) is 2. The Morgan fingerprint density at radius 2 is 2.00 bits per heavy atom. The Hall–Kier alpha value is -3.42. The van der Waals surface area contributed by atoms with Crippen LogP contribution in [0.1, 0.15) is 22.1 Å². The lowest BCUT2D eigenvalue weighted by Gasteiger charge is -2.38. The number of hydrogen-bond donors (Lipinski definition) is 0. The summed E-state index contributed by atoms with van der Waals surface area (Å²) in [7, 11) is 1.51. The fourth-order valence-electron chi connectivity index (χ4n) is 2.91. The Kier molecular flexibility index (Phi) is 4.69. The van der Waals surface area contributed by atoms with Gasteiger partial charge in [0.25, 0.3) is 5.91 Å². The van der Waals surface area contributed by atoms with Crippen molar-refractivity contribution in [2.75, 3.05) is 20.2 Å². The van der Waals surface area contributed by atoms with Gasteiger partial charge >= 0.3 is 0 Å². The van der Waals surface area contributed by atoms with E-state index < -0.39 is 0 Å². The molecular weight excluding hydrogens is 346 g/mol. The molecule has 0 unspecified atom stereocenters. The van der Waals surface area contributed by atoms with E-state index in [0.29, 0.717) is 31.1 Å². The first-order valence-electron chi connectivity index (χ1n) is 8.61. The Morgan fingerprint density at radius 1 is 1.19 bits per heavy atom. The van der Waals surface area contributed by atoms with E-state index in [4.69, 9.17) is 9.47 Å². The molecule has 1 saturated heterocycles. The van der Waals surface area contributed by atoms with Crippen LogP contribution in [0.2, 0.25) is 0 Å². The predicted octanol–water partition coefficient (Wildman–Crippen LogP) is 1.96. The van der Waals surface area contributed by atoms with Crippen molar-refractivity contribution in [2.45, 2.75) is 12.6 Å². The van der Waals surface area contributed by atoms with Gasteiger partial charge in [-0.25, -0.2) is 9.67 Å². The number of hydrogen-bond acceptors (Lipinski definition) is 6. The highest BCUT2D eigenvalue weighted by atomic mass is 16.5. The maximum absolute atomic E-state index is 12.6. The lowest BCUT2D eigenvalue weighted by Crippen LogP contribution is -2.51. The minimum atomic E-state index is -0.0936. The quantitative estimate of drug-likeness (QED) is 0.664. The number of methoxy groups -OCH3 is 1. The van der Waals surface area contributed by atoms with Gasteiger partial charge in [0.2, 0.25) is 5.88 Å². The summed E-state index contributed by atoms with van der Waals surface area (Å²) in [5.74, 6) is 1.04. The minimum absolute atomic E-state index is 0.0936. The number of para-hydroxylation sites is 1. The van der Waals surface area contributed by atoms with Gasteiger partial charge < -0.3 is 14.4 Å². The smallest absolute Gasteiger partial charge is 0.259 e. The summed E-state index contributed by atoms with van der Waals surface area (Å²) >= 11 is 0. The zero-order valence-corrected chi connectivity index (χ0v) is 14.9. The van der Waals surface area contributed by atoms with Crippen molar-refractivity contribution in [2.24, 2.45) is 0 Å². The molecule has 1 aromatic carbocycles. The average Bonchev–Trinajstić information content (AvgIpc) is 3.14. The Balaban J connectivity index is 1.33. The van der Waals surface area contributed by atoms with Gasteiger partial charge in [0.15, 0.2) is 0 Å². The summed E-state index contributed by atoms with van der Waals surface area (Å²) in [5, 5.41) is 8.31. The molecule has 1 aliphatic heterocycles. The monoisotopic (exact) mass is 365 g/mol. The van der Waals surface area contributed by atoms with Gasteiger partial charge in [-0.15, -0.1) is 5.10 Å². The minimum Gasteiger partial charge on any atom is -0.487 e. The van der Waals surface area contributed by atoms with Gasteiger partial charge in [-0.1, -0.05) is 23.4 Å². The number of amides is 1. The molecule has 1 fully saturated rings. The third-order valence-corrected chi connectivity index (χ3v) is 4.41. The summed E-state index contributed by atoms with van der Waals surface area (Å²) in [5.41, 5.74) is 1.21. The van der Waals surface area contributed by atoms with Gasteiger partial charge in [-0.3, -0.25) is 4.79 Å². The maximum atomic E-state index is 12.6. The molecule has 8 nitrogen and oxygen atoms in total. The van der Waals surface area contributed by atoms with Crippen LogP contribution in [0.4, 0.5) is 0 Å². The molecule has 8 heteroatoms. The van der Waals surface area contributed by atoms with E-state index in [2.05, 4.69) is 15.3 Å². The fraction of sp³-hybridized carbons (Fsp3) is 0.263. The van der Waals surface area contributed by atoms with Gasteiger partial charge in [0.1, 0.15) is 23.6 Å². The van der Waals surface area contributed by atoms with Crippen molar-refractivity contribution in [3.8, 4) is 11.6 Å². The summed E-state index contributed by atoms with van der Waals surface area (Å²) in [6.07, 6.45) is 3.46. The molecule has 0 atom stereocenters. The first-order valence-corrected chi connectivity index (χ1v) is 8.61. The van der Waals surface area contributed by atoms with E-state index >= 15 is 0 Å². The summed E-state index contributed by atoms with van der Waals surface area (Å²) in [4.78, 5) is 18.4. The molecule has 0 aliphatic carbocycles. The van der Waals surface area contributed by atoms with Crippen LogP contribution in [0.25, 0.3) is 0 Å². The zero-order valence-electron chi connectivity index (χ0n) is 14.9. The van der Waals surface area contributed by atoms with E-state index in [9.17, 15) is 4.79 Å². The molecule has 4 rings (SSSR count). The van der Waals surface area contributed by atoms with Crippen LogP contribution < -0.4 is 9.47 Å². The number of rotatable bonds is 6. The maximum Gasteiger partial charge on any atom is 0.259 e. The van der Waals surface area contributed by atoms with Gasteiger partial charge in [0.05, 0.1) is 19.3 Å². The van der Waals surface area contributed by atoms with Gasteiger partial charge in [-0.2, -0.15) is 0 Å². The zero-order chi connectivity index (χ0) is 18.6. The summed E-state index contributed by atoms with van der Waals surface area (Å²) in [6, 6.07) is 13.1. The second-order valence-electron chi connectivity index (χ2n) is 6.22. The molecule has 3 heterocycles. The van der Waals surface area contributed by atoms with Crippen LogP contribution in [0.3, 0.4) is 0 Å². The van der Waals surface area contributed by atoms with Crippen molar-refractivity contribution in [1.29, 1.82) is 0 Å². The number of likely N-dealkylation sites (tertiary alicyclic amines) is 1. The summed E-state index contributed by atoms with van der Waals surface area (Å²) < 4.78 is 12.6. The molecule has 0 saturated carbocycles. The van der Waals surface area contributed by atoms with E-state index in [-0.39, 0.29) is 11.9 Å². The van der Waals surface area contributed by atoms with Crippen LogP contribution >= 0.6 is 0 Å². The Labute approximate surface area is 156 Å². The number of aromatic nitrogens is 4. The first-order chi connectivity index (χ1) is 13.2. The van der Waals surface area contributed by atoms with Crippen LogP contribution in [0.5, 0.6) is 11.6 Å². The number of pyridine rings is 1. The highest BCUT2D eigenvalue weighted by Crippen LogP contribution is 2.25. The van der Waals surface area contributed by atoms with Crippen molar-refractivity contribution >= 4 is 5.91 Å². The third-order valence-electron chi connectivity index (χ3n) is 4.41. The molecule has 1 aliphatic rings. The average molecular weight is 365 g/mol. The third kappa shape index (κ3) is 3.59. The highest BCUT2D eigenvalue weighted by Gasteiger charge is 2.34. The number of carbonyl (C=O) groups excluding carboxylic acids is 1. The van der Waals surface area contributed by atoms with Crippen molar-refractivity contribution in [3.05, 3.63) is 66.1 Å². The normalized spacial score (nSPS) is 13.9. The SMILES string of the molecule is COc1ncccc1C(=O)N1CC(n2cc(COc3ccccc3)nn2)C1. The highest BCUT2D eigenvalue weighted by molar-refractivity contribution is 5.96. The fourth-order valence-corrected chi connectivity index (χ4v) is 2.91. The van der Waals surface area contributed by atoms with Crippen LogP contribution in [-0.4, -0.2) is 51.0 Å². The molecule has 2 aromatic heterocycles. The van der Waals surface area contributed by atoms with Crippen LogP contribution in [0.15, 0.2) is 54.9 Å². The van der Waals surface area contributed by atoms with Crippen molar-refractivity contribution in [3.63, 3.8) is 0 Å². The van der Waals surface area contributed by atoms with E-state index in [1.165, 1.54) is 7.11 Å². The molecule has 0 radical (unpaired) electrons. The van der Waals surface area contributed by atoms with Crippen LogP contribution in [-0.2, 0) is 6.61 Å². The number of benzene rings is 1. The molecule has 27 heavy (non-hydrogen) atoms. The van der Waals surface area contributed by atoms with E-state index in [1.54, 1.807) is 27.9 Å². The van der Waals surface area contributed by atoms with Gasteiger partial charge in [-0.05, 0) is 24.3 Å². The lowest BCUT2D eigenvalue weighted by molar-refractivity contribution is 0.0494. The predicted molar refractivity (Wildman–Crippen MR) is 96.5 cm³/mol. The number of nitrogens with zero attached hydrogens (tertiary/aromatic N) is 5. The molecule has 138 valence electrons. The van der Waals surface area contributed by atoms with Gasteiger partial charge in [0, 0.05) is 19.3 Å². The molecular formula is C19H19N5O3. The second-order valence-corrected chi connectivity index (χ2v) is 6.22. The van der Waals surface area contributed by atoms with Crippen LogP contribution in [0, 0.1) is 0 Å². The first kappa shape index (κ1) is 17.0. The second kappa shape index (κ2) is 7.45. The standard InChI is InChI=1S/C19H19N5O3/c1-26-18-17(8-5-9-20-18)19(25)23-11-15(12-23)24-10-14(21-22-24)13-27-16-6-3-2-4-7-16/h2-10,15H,11-13H2,1H3. The lowest BCUT2D eigenvalue weighted by atomic mass is 10.1.